The van der Waals surface area contributed by atoms with Crippen molar-refractivity contribution in [3.63, 3.8) is 0 Å². The van der Waals surface area contributed by atoms with Crippen LogP contribution in [0.2, 0.25) is 0 Å². The van der Waals surface area contributed by atoms with E-state index >= 15 is 0 Å². The van der Waals surface area contributed by atoms with Gasteiger partial charge in [0.05, 0.1) is 0 Å². The van der Waals surface area contributed by atoms with Gasteiger partial charge in [-0.1, -0.05) is 30.3 Å². The van der Waals surface area contributed by atoms with Gasteiger partial charge in [-0.25, -0.2) is 4.39 Å². The summed E-state index contributed by atoms with van der Waals surface area (Å²) in [6.45, 7) is 1.49. The molecule has 0 aromatic heterocycles. The molecule has 0 bridgehead atoms. The maximum absolute atomic E-state index is 13.4. The van der Waals surface area contributed by atoms with E-state index in [-0.39, 0.29) is 12.4 Å². The minimum absolute atomic E-state index is 0.0558. The van der Waals surface area contributed by atoms with Crippen LogP contribution in [0.1, 0.15) is 11.1 Å². The van der Waals surface area contributed by atoms with Crippen LogP contribution in [0.15, 0.2) is 48.5 Å². The minimum Gasteiger partial charge on any atom is -0.479 e. The zero-order valence-electron chi connectivity index (χ0n) is 11.7. The summed E-state index contributed by atoms with van der Waals surface area (Å²) < 4.78 is 18.6. The molecule has 0 spiro atoms. The second kappa shape index (κ2) is 8.03. The highest BCUT2D eigenvalue weighted by molar-refractivity contribution is 5.27. The topological polar surface area (TPSA) is 45.0 Å². The number of rotatable bonds is 7. The molecular formula is C17H17FN2O. The number of nitrogens with zero attached hydrogens (tertiary/aromatic N) is 1. The summed E-state index contributed by atoms with van der Waals surface area (Å²) in [5, 5.41) is 11.7. The molecule has 4 heteroatoms. The molecule has 2 aromatic carbocycles. The number of ether oxygens (including phenoxy) is 1. The Kier molecular flexibility index (Phi) is 5.74. The molecule has 108 valence electrons. The Morgan fingerprint density at radius 1 is 1.10 bits per heavy atom. The van der Waals surface area contributed by atoms with Gasteiger partial charge in [0, 0.05) is 6.54 Å². The highest BCUT2D eigenvalue weighted by Gasteiger charge is 2.00. The molecule has 2 aromatic rings. The summed E-state index contributed by atoms with van der Waals surface area (Å²) in [4.78, 5) is 0. The van der Waals surface area contributed by atoms with Crippen LogP contribution < -0.4 is 10.1 Å². The Hall–Kier alpha value is -2.38. The molecule has 0 radical (unpaired) electrons. The first-order chi connectivity index (χ1) is 10.3. The minimum atomic E-state index is -0.154. The van der Waals surface area contributed by atoms with Gasteiger partial charge in [0.25, 0.3) is 0 Å². The lowest BCUT2D eigenvalue weighted by molar-refractivity contribution is 0.368. The molecule has 0 atom stereocenters. The standard InChI is InChI=1S/C17H17FN2O/c18-17-4-2-1-3-15(17)9-11-20-13-14-5-7-16(8-6-14)21-12-10-19/h1-8,20H,9,11-13H2. The molecule has 0 aliphatic heterocycles. The van der Waals surface area contributed by atoms with E-state index in [1.165, 1.54) is 6.07 Å². The zero-order valence-corrected chi connectivity index (χ0v) is 11.7. The number of halogens is 1. The molecule has 1 N–H and O–H groups in total. The number of hydrogen-bond acceptors (Lipinski definition) is 3. The Balaban J connectivity index is 1.74. The Morgan fingerprint density at radius 2 is 1.86 bits per heavy atom. The molecule has 21 heavy (non-hydrogen) atoms. The van der Waals surface area contributed by atoms with Crippen molar-refractivity contribution in [1.82, 2.24) is 5.32 Å². The van der Waals surface area contributed by atoms with Gasteiger partial charge >= 0.3 is 0 Å². The molecule has 0 unspecified atom stereocenters. The first-order valence-corrected chi connectivity index (χ1v) is 6.82. The number of nitrogens with one attached hydrogen (secondary N) is 1. The molecule has 0 fully saturated rings. The van der Waals surface area contributed by atoms with Crippen molar-refractivity contribution in [3.05, 3.63) is 65.5 Å². The van der Waals surface area contributed by atoms with Gasteiger partial charge in [0.15, 0.2) is 6.61 Å². The van der Waals surface area contributed by atoms with Crippen LogP contribution in [0.3, 0.4) is 0 Å². The highest BCUT2D eigenvalue weighted by Crippen LogP contribution is 2.12. The number of benzene rings is 2. The van der Waals surface area contributed by atoms with E-state index in [9.17, 15) is 4.39 Å². The lowest BCUT2D eigenvalue weighted by atomic mass is 10.1. The van der Waals surface area contributed by atoms with Crippen molar-refractivity contribution in [2.75, 3.05) is 13.2 Å². The molecular weight excluding hydrogens is 267 g/mol. The first kappa shape index (κ1) is 15.0. The van der Waals surface area contributed by atoms with Crippen LogP contribution in [0.4, 0.5) is 4.39 Å². The average molecular weight is 284 g/mol. The fourth-order valence-corrected chi connectivity index (χ4v) is 1.98. The van der Waals surface area contributed by atoms with Gasteiger partial charge in [0.2, 0.25) is 0 Å². The molecule has 2 rings (SSSR count). The van der Waals surface area contributed by atoms with Gasteiger partial charge in [-0.2, -0.15) is 5.26 Å². The van der Waals surface area contributed by atoms with E-state index < -0.39 is 0 Å². The average Bonchev–Trinajstić information content (AvgIpc) is 2.52. The molecule has 0 amide bonds. The quantitative estimate of drug-likeness (QED) is 0.795. The summed E-state index contributed by atoms with van der Waals surface area (Å²) in [6, 6.07) is 16.3. The zero-order chi connectivity index (χ0) is 14.9. The Bertz CT molecular complexity index is 605. The normalized spacial score (nSPS) is 10.1. The smallest absolute Gasteiger partial charge is 0.174 e. The van der Waals surface area contributed by atoms with Crippen LogP contribution in [0.5, 0.6) is 5.75 Å². The van der Waals surface area contributed by atoms with E-state index in [1.807, 2.05) is 36.4 Å². The summed E-state index contributed by atoms with van der Waals surface area (Å²) in [5.74, 6) is 0.532. The van der Waals surface area contributed by atoms with Crippen molar-refractivity contribution >= 4 is 0 Å². The van der Waals surface area contributed by atoms with Gasteiger partial charge in [-0.3, -0.25) is 0 Å². The second-order valence-corrected chi connectivity index (χ2v) is 4.61. The predicted molar refractivity (Wildman–Crippen MR) is 79.4 cm³/mol. The van der Waals surface area contributed by atoms with Gasteiger partial charge in [0.1, 0.15) is 17.6 Å². The lowest BCUT2D eigenvalue weighted by Crippen LogP contribution is -2.17. The summed E-state index contributed by atoms with van der Waals surface area (Å²) in [6.07, 6.45) is 0.663. The van der Waals surface area contributed by atoms with Crippen LogP contribution in [0, 0.1) is 17.1 Å². The largest absolute Gasteiger partial charge is 0.479 e. The van der Waals surface area contributed by atoms with Crippen LogP contribution >= 0.6 is 0 Å². The maximum atomic E-state index is 13.4. The summed E-state index contributed by atoms with van der Waals surface area (Å²) in [7, 11) is 0. The lowest BCUT2D eigenvalue weighted by Gasteiger charge is -2.07. The number of hydrogen-bond donors (Lipinski definition) is 1. The predicted octanol–water partition coefficient (Wildman–Crippen LogP) is 3.06. The molecule has 0 saturated heterocycles. The van der Waals surface area contributed by atoms with Crippen molar-refractivity contribution in [1.29, 1.82) is 5.26 Å². The SMILES string of the molecule is N#CCOc1ccc(CNCCc2ccccc2F)cc1. The van der Waals surface area contributed by atoms with E-state index in [4.69, 9.17) is 10.00 Å². The second-order valence-electron chi connectivity index (χ2n) is 4.61. The van der Waals surface area contributed by atoms with Crippen molar-refractivity contribution < 1.29 is 9.13 Å². The third-order valence-electron chi connectivity index (χ3n) is 3.08. The monoisotopic (exact) mass is 284 g/mol. The first-order valence-electron chi connectivity index (χ1n) is 6.82. The van der Waals surface area contributed by atoms with Gasteiger partial charge < -0.3 is 10.1 Å². The van der Waals surface area contributed by atoms with E-state index in [1.54, 1.807) is 12.1 Å². The molecule has 0 saturated carbocycles. The third kappa shape index (κ3) is 4.90. The third-order valence-corrected chi connectivity index (χ3v) is 3.08. The van der Waals surface area contributed by atoms with Gasteiger partial charge in [-0.15, -0.1) is 0 Å². The fourth-order valence-electron chi connectivity index (χ4n) is 1.98. The molecule has 0 heterocycles. The number of nitriles is 1. The fraction of sp³-hybridized carbons (Fsp3) is 0.235. The van der Waals surface area contributed by atoms with E-state index in [0.29, 0.717) is 25.3 Å². The maximum Gasteiger partial charge on any atom is 0.174 e. The van der Waals surface area contributed by atoms with Crippen LogP contribution in [0.25, 0.3) is 0 Å². The summed E-state index contributed by atoms with van der Waals surface area (Å²) in [5.41, 5.74) is 1.85. The summed E-state index contributed by atoms with van der Waals surface area (Å²) >= 11 is 0. The van der Waals surface area contributed by atoms with Crippen LogP contribution in [-0.2, 0) is 13.0 Å². The van der Waals surface area contributed by atoms with E-state index in [0.717, 1.165) is 11.1 Å². The van der Waals surface area contributed by atoms with E-state index in [2.05, 4.69) is 5.32 Å². The Morgan fingerprint density at radius 3 is 2.57 bits per heavy atom. The Labute approximate surface area is 124 Å². The van der Waals surface area contributed by atoms with Gasteiger partial charge in [-0.05, 0) is 42.3 Å². The van der Waals surface area contributed by atoms with Crippen molar-refractivity contribution in [2.45, 2.75) is 13.0 Å². The molecule has 3 nitrogen and oxygen atoms in total. The highest BCUT2D eigenvalue weighted by atomic mass is 19.1. The van der Waals surface area contributed by atoms with Crippen molar-refractivity contribution in [2.24, 2.45) is 0 Å². The van der Waals surface area contributed by atoms with Crippen molar-refractivity contribution in [3.8, 4) is 11.8 Å². The van der Waals surface area contributed by atoms with Crippen LogP contribution in [-0.4, -0.2) is 13.2 Å². The molecule has 0 aliphatic carbocycles. The molecule has 0 aliphatic rings.